The van der Waals surface area contributed by atoms with E-state index in [0.29, 0.717) is 35.8 Å². The predicted octanol–water partition coefficient (Wildman–Crippen LogP) is 6.22. The number of aryl methyl sites for hydroxylation is 1. The largest absolute Gasteiger partial charge is 0.495 e. The summed E-state index contributed by atoms with van der Waals surface area (Å²) >= 11 is 7.23. The summed E-state index contributed by atoms with van der Waals surface area (Å²) in [4.78, 5) is 11.6. The molecular formula is C24H27ClN2O5S2. The van der Waals surface area contributed by atoms with E-state index in [4.69, 9.17) is 21.1 Å². The van der Waals surface area contributed by atoms with Gasteiger partial charge < -0.3 is 14.3 Å². The number of aldehydes is 1. The van der Waals surface area contributed by atoms with Crippen molar-refractivity contribution in [3.63, 3.8) is 0 Å². The van der Waals surface area contributed by atoms with Crippen molar-refractivity contribution < 1.29 is 22.7 Å². The molecule has 0 radical (unpaired) electrons. The Hall–Kier alpha value is -2.62. The lowest BCUT2D eigenvalue weighted by Crippen LogP contribution is -2.15. The second kappa shape index (κ2) is 10.8. The minimum Gasteiger partial charge on any atom is -0.495 e. The molecule has 0 atom stereocenters. The van der Waals surface area contributed by atoms with Crippen LogP contribution in [0.3, 0.4) is 0 Å². The average Bonchev–Trinajstić information content (AvgIpc) is 3.15. The molecule has 1 aromatic heterocycles. The van der Waals surface area contributed by atoms with Gasteiger partial charge in [0.05, 0.1) is 21.9 Å². The lowest BCUT2D eigenvalue weighted by molar-refractivity contribution is -0.107. The molecule has 34 heavy (non-hydrogen) atoms. The maximum Gasteiger partial charge on any atom is 0.263 e. The number of hydrogen-bond donors (Lipinski definition) is 1. The van der Waals surface area contributed by atoms with Crippen LogP contribution in [0.4, 0.5) is 5.82 Å². The Balaban J connectivity index is 1.93. The molecule has 0 amide bonds. The normalized spacial score (nSPS) is 11.8. The number of hydrogen-bond acceptors (Lipinski definition) is 7. The number of nitrogens with zero attached hydrogens (tertiary/aromatic N) is 1. The minimum atomic E-state index is -3.91. The van der Waals surface area contributed by atoms with Crippen LogP contribution < -0.4 is 14.2 Å². The van der Waals surface area contributed by atoms with E-state index in [0.717, 1.165) is 28.3 Å². The number of aromatic nitrogens is 1. The molecule has 1 N–H and O–H groups in total. The first kappa shape index (κ1) is 26.0. The standard InChI is InChI=1S/C24H27ClN2O5S2/c1-24(2,3)16-8-11-18(12-9-16)34(29,30)27-23-22(21(33-26-23)7-5-6-14-28)32-17-10-13-19(25)20(15-17)31-4/h8-15H,5-7H2,1-4H3,(H,26,27). The van der Waals surface area contributed by atoms with Gasteiger partial charge in [0.2, 0.25) is 0 Å². The fourth-order valence-electron chi connectivity index (χ4n) is 3.13. The molecule has 0 fully saturated rings. The van der Waals surface area contributed by atoms with Crippen LogP contribution in [-0.4, -0.2) is 26.2 Å². The van der Waals surface area contributed by atoms with Gasteiger partial charge in [-0.05, 0) is 59.6 Å². The Bertz CT molecular complexity index is 1250. The fourth-order valence-corrected chi connectivity index (χ4v) is 5.18. The molecule has 3 aromatic rings. The highest BCUT2D eigenvalue weighted by Crippen LogP contribution is 2.39. The summed E-state index contributed by atoms with van der Waals surface area (Å²) in [6.45, 7) is 6.18. The number of ether oxygens (including phenoxy) is 2. The van der Waals surface area contributed by atoms with E-state index in [9.17, 15) is 13.2 Å². The van der Waals surface area contributed by atoms with Gasteiger partial charge in [-0.25, -0.2) is 8.42 Å². The topological polar surface area (TPSA) is 94.6 Å². The van der Waals surface area contributed by atoms with Crippen LogP contribution in [0, 0.1) is 0 Å². The van der Waals surface area contributed by atoms with Crippen LogP contribution in [0.25, 0.3) is 0 Å². The highest BCUT2D eigenvalue weighted by atomic mass is 35.5. The Morgan fingerprint density at radius 2 is 1.85 bits per heavy atom. The zero-order valence-electron chi connectivity index (χ0n) is 19.4. The number of anilines is 1. The van der Waals surface area contributed by atoms with E-state index in [-0.39, 0.29) is 21.9 Å². The molecule has 0 unspecified atom stereocenters. The first-order valence-electron chi connectivity index (χ1n) is 10.6. The molecule has 0 saturated carbocycles. The zero-order chi connectivity index (χ0) is 24.9. The van der Waals surface area contributed by atoms with E-state index < -0.39 is 10.0 Å². The monoisotopic (exact) mass is 522 g/mol. The van der Waals surface area contributed by atoms with Crippen LogP contribution >= 0.6 is 23.1 Å². The highest BCUT2D eigenvalue weighted by molar-refractivity contribution is 7.92. The maximum atomic E-state index is 13.1. The molecule has 0 aliphatic rings. The van der Waals surface area contributed by atoms with E-state index in [2.05, 4.69) is 29.9 Å². The van der Waals surface area contributed by atoms with Gasteiger partial charge in [-0.15, -0.1) is 0 Å². The molecule has 0 spiro atoms. The van der Waals surface area contributed by atoms with Gasteiger partial charge in [-0.3, -0.25) is 4.72 Å². The first-order chi connectivity index (χ1) is 16.0. The second-order valence-electron chi connectivity index (χ2n) is 8.62. The van der Waals surface area contributed by atoms with E-state index in [1.807, 2.05) is 0 Å². The summed E-state index contributed by atoms with van der Waals surface area (Å²) in [7, 11) is -2.42. The van der Waals surface area contributed by atoms with E-state index in [1.165, 1.54) is 7.11 Å². The molecule has 0 aliphatic carbocycles. The molecule has 7 nitrogen and oxygen atoms in total. The van der Waals surface area contributed by atoms with Gasteiger partial charge >= 0.3 is 0 Å². The van der Waals surface area contributed by atoms with Gasteiger partial charge in [0.15, 0.2) is 11.6 Å². The summed E-state index contributed by atoms with van der Waals surface area (Å²) in [6.07, 6.45) is 2.33. The van der Waals surface area contributed by atoms with Crippen LogP contribution in [0.15, 0.2) is 47.4 Å². The average molecular weight is 523 g/mol. The number of benzene rings is 2. The minimum absolute atomic E-state index is 0.0833. The molecule has 0 bridgehead atoms. The van der Waals surface area contributed by atoms with Gasteiger partial charge in [0, 0.05) is 12.5 Å². The Morgan fingerprint density at radius 3 is 2.47 bits per heavy atom. The zero-order valence-corrected chi connectivity index (χ0v) is 21.8. The van der Waals surface area contributed by atoms with E-state index >= 15 is 0 Å². The van der Waals surface area contributed by atoms with Crippen LogP contribution in [0.2, 0.25) is 5.02 Å². The fraction of sp³-hybridized carbons (Fsp3) is 0.333. The molecule has 2 aromatic carbocycles. The third kappa shape index (κ3) is 6.28. The maximum absolute atomic E-state index is 13.1. The summed E-state index contributed by atoms with van der Waals surface area (Å²) in [6, 6.07) is 11.6. The SMILES string of the molecule is COc1cc(Oc2c(NS(=O)(=O)c3ccc(C(C)(C)C)cc3)nsc2CCCC=O)ccc1Cl. The van der Waals surface area contributed by atoms with Crippen molar-refractivity contribution in [1.29, 1.82) is 0 Å². The highest BCUT2D eigenvalue weighted by Gasteiger charge is 2.23. The summed E-state index contributed by atoms with van der Waals surface area (Å²) < 4.78 is 44.3. The number of halogens is 1. The summed E-state index contributed by atoms with van der Waals surface area (Å²) in [5.74, 6) is 1.20. The number of carbonyl (C=O) groups excluding carboxylic acids is 1. The Morgan fingerprint density at radius 1 is 1.15 bits per heavy atom. The third-order valence-electron chi connectivity index (χ3n) is 5.05. The third-order valence-corrected chi connectivity index (χ3v) is 7.60. The van der Waals surface area contributed by atoms with Crippen LogP contribution in [-0.2, 0) is 26.7 Å². The van der Waals surface area contributed by atoms with Crippen molar-refractivity contribution in [3.05, 3.63) is 57.9 Å². The van der Waals surface area contributed by atoms with Gasteiger partial charge in [0.25, 0.3) is 10.0 Å². The van der Waals surface area contributed by atoms with Crippen LogP contribution in [0.1, 0.15) is 44.1 Å². The number of carbonyl (C=O) groups is 1. The molecule has 10 heteroatoms. The van der Waals surface area contributed by atoms with Crippen molar-refractivity contribution in [3.8, 4) is 17.2 Å². The molecule has 1 heterocycles. The second-order valence-corrected chi connectivity index (χ2v) is 11.6. The number of unbranched alkanes of at least 4 members (excludes halogenated alkanes) is 1. The summed E-state index contributed by atoms with van der Waals surface area (Å²) in [5, 5.41) is 0.420. The van der Waals surface area contributed by atoms with Crippen molar-refractivity contribution in [2.24, 2.45) is 0 Å². The van der Waals surface area contributed by atoms with Crippen molar-refractivity contribution in [2.45, 2.75) is 50.3 Å². The number of methoxy groups -OCH3 is 1. The van der Waals surface area contributed by atoms with Crippen molar-refractivity contribution >= 4 is 45.3 Å². The van der Waals surface area contributed by atoms with Gasteiger partial charge in [-0.1, -0.05) is 44.5 Å². The predicted molar refractivity (Wildman–Crippen MR) is 135 cm³/mol. The quantitative estimate of drug-likeness (QED) is 0.251. The molecule has 182 valence electrons. The molecule has 0 saturated heterocycles. The Kier molecular flexibility index (Phi) is 8.22. The van der Waals surface area contributed by atoms with Crippen molar-refractivity contribution in [1.82, 2.24) is 4.37 Å². The first-order valence-corrected chi connectivity index (χ1v) is 13.3. The van der Waals surface area contributed by atoms with Crippen LogP contribution in [0.5, 0.6) is 17.2 Å². The molecular weight excluding hydrogens is 496 g/mol. The lowest BCUT2D eigenvalue weighted by atomic mass is 9.87. The number of sulfonamides is 1. The van der Waals surface area contributed by atoms with Gasteiger partial charge in [-0.2, -0.15) is 4.37 Å². The van der Waals surface area contributed by atoms with Crippen molar-refractivity contribution in [2.75, 3.05) is 11.8 Å². The molecule has 0 aliphatic heterocycles. The Labute approximate surface area is 209 Å². The molecule has 3 rings (SSSR count). The lowest BCUT2D eigenvalue weighted by Gasteiger charge is -2.19. The number of rotatable bonds is 10. The smallest absolute Gasteiger partial charge is 0.263 e. The van der Waals surface area contributed by atoms with E-state index in [1.54, 1.807) is 42.5 Å². The summed E-state index contributed by atoms with van der Waals surface area (Å²) in [5.41, 5.74) is 0.931. The number of nitrogens with one attached hydrogen (secondary N) is 1. The van der Waals surface area contributed by atoms with Gasteiger partial charge in [0.1, 0.15) is 17.8 Å².